The minimum absolute atomic E-state index is 0.161. The number of hydrogen-bond donors (Lipinski definition) is 0. The third-order valence-electron chi connectivity index (χ3n) is 3.77. The van der Waals surface area contributed by atoms with Crippen LogP contribution in [0.25, 0.3) is 0 Å². The molecule has 0 aromatic heterocycles. The van der Waals surface area contributed by atoms with Gasteiger partial charge in [-0.2, -0.15) is 52.7 Å². The number of hydrogen-bond acceptors (Lipinski definition) is 2. The Hall–Kier alpha value is -2.48. The van der Waals surface area contributed by atoms with E-state index in [0.29, 0.717) is 0 Å². The molecule has 0 bridgehead atoms. The highest BCUT2D eigenvalue weighted by Gasteiger charge is 2.38. The molecule has 16 heteroatoms. The molecular formula is C18H6Cl2F12N2. The quantitative estimate of drug-likeness (QED) is 0.270. The predicted molar refractivity (Wildman–Crippen MR) is 98.8 cm³/mol. The Balaban J connectivity index is 2.58. The molecule has 0 radical (unpaired) electrons. The van der Waals surface area contributed by atoms with Crippen molar-refractivity contribution in [3.8, 4) is 0 Å². The largest absolute Gasteiger partial charge is 0.416 e. The van der Waals surface area contributed by atoms with Crippen LogP contribution in [-0.2, 0) is 24.7 Å². The predicted octanol–water partition coefficient (Wildman–Crippen LogP) is 9.00. The summed E-state index contributed by atoms with van der Waals surface area (Å²) in [6, 6.07) is 0.233. The van der Waals surface area contributed by atoms with Gasteiger partial charge < -0.3 is 0 Å². The molecule has 186 valence electrons. The smallest absolute Gasteiger partial charge is 0.233 e. The van der Waals surface area contributed by atoms with E-state index in [1.807, 2.05) is 0 Å². The molecule has 2 rings (SSSR count). The first kappa shape index (κ1) is 27.8. The molecule has 0 N–H and O–H groups in total. The molecule has 2 aromatic rings. The zero-order valence-corrected chi connectivity index (χ0v) is 17.2. The summed E-state index contributed by atoms with van der Waals surface area (Å²) in [5, 5.41) is -2.22. The molecule has 0 unspecified atom stereocenters. The zero-order chi connectivity index (χ0) is 26.3. The van der Waals surface area contributed by atoms with E-state index in [-0.39, 0.29) is 36.4 Å². The Bertz CT molecular complexity index is 972. The van der Waals surface area contributed by atoms with Crippen LogP contribution in [0, 0.1) is 0 Å². The van der Waals surface area contributed by atoms with Crippen LogP contribution in [0.2, 0.25) is 0 Å². The molecule has 2 nitrogen and oxygen atoms in total. The molecular weight excluding hydrogens is 543 g/mol. The van der Waals surface area contributed by atoms with Crippen LogP contribution < -0.4 is 0 Å². The highest BCUT2D eigenvalue weighted by molar-refractivity contribution is 7.00. The number of benzene rings is 2. The fourth-order valence-corrected chi connectivity index (χ4v) is 2.60. The van der Waals surface area contributed by atoms with Gasteiger partial charge in [-0.05, 0) is 36.4 Å². The van der Waals surface area contributed by atoms with E-state index in [2.05, 4.69) is 9.98 Å². The molecule has 0 saturated heterocycles. The fourth-order valence-electron chi connectivity index (χ4n) is 2.33. The lowest BCUT2D eigenvalue weighted by molar-refractivity contribution is -0.144. The van der Waals surface area contributed by atoms with Gasteiger partial charge in [0, 0.05) is 0 Å². The van der Waals surface area contributed by atoms with Crippen LogP contribution in [-0.4, -0.2) is 10.3 Å². The zero-order valence-electron chi connectivity index (χ0n) is 15.7. The topological polar surface area (TPSA) is 24.7 Å². The van der Waals surface area contributed by atoms with Gasteiger partial charge in [0.05, 0.1) is 33.6 Å². The van der Waals surface area contributed by atoms with Crippen LogP contribution in [0.15, 0.2) is 46.4 Å². The summed E-state index contributed by atoms with van der Waals surface area (Å²) in [5.41, 5.74) is -9.06. The molecule has 0 saturated carbocycles. The van der Waals surface area contributed by atoms with Crippen LogP contribution in [0.3, 0.4) is 0 Å². The van der Waals surface area contributed by atoms with Gasteiger partial charge in [0.15, 0.2) is 10.3 Å². The lowest BCUT2D eigenvalue weighted by Crippen LogP contribution is -2.11. The third-order valence-corrected chi connectivity index (χ3v) is 4.39. The minimum atomic E-state index is -5.22. The minimum Gasteiger partial charge on any atom is -0.233 e. The number of alkyl halides is 12. The standard InChI is InChI=1S/C18H6Cl2F12N2/c19-13(33-11-3-7(15(21,22)23)1-8(4-11)16(24,25)26)14(20)34-12-5-9(17(27,28)29)2-10(6-12)18(30,31)32/h1-6H. The first-order valence-electron chi connectivity index (χ1n) is 8.25. The van der Waals surface area contributed by atoms with E-state index in [1.165, 1.54) is 0 Å². The molecule has 0 fully saturated rings. The second-order valence-corrected chi connectivity index (χ2v) is 7.05. The summed E-state index contributed by atoms with van der Waals surface area (Å²) in [6.07, 6.45) is -20.9. The van der Waals surface area contributed by atoms with Crippen LogP contribution in [0.4, 0.5) is 64.1 Å². The van der Waals surface area contributed by atoms with E-state index >= 15 is 0 Å². The number of aliphatic imine (C=N–C) groups is 2. The van der Waals surface area contributed by atoms with Crippen LogP contribution in [0.5, 0.6) is 0 Å². The first-order valence-corrected chi connectivity index (χ1v) is 9.01. The van der Waals surface area contributed by atoms with Crippen molar-refractivity contribution in [1.82, 2.24) is 0 Å². The van der Waals surface area contributed by atoms with Gasteiger partial charge in [0.25, 0.3) is 0 Å². The summed E-state index contributed by atoms with van der Waals surface area (Å²) < 4.78 is 155. The summed E-state index contributed by atoms with van der Waals surface area (Å²) in [7, 11) is 0. The van der Waals surface area contributed by atoms with E-state index < -0.39 is 68.7 Å². The monoisotopic (exact) mass is 548 g/mol. The molecule has 0 aliphatic heterocycles. The molecule has 0 spiro atoms. The Kier molecular flexibility index (Phi) is 7.58. The Morgan fingerprint density at radius 3 is 0.824 bits per heavy atom. The van der Waals surface area contributed by atoms with Gasteiger partial charge in [-0.15, -0.1) is 0 Å². The summed E-state index contributed by atoms with van der Waals surface area (Å²) >= 11 is 11.2. The summed E-state index contributed by atoms with van der Waals surface area (Å²) in [5.74, 6) is 0. The van der Waals surface area contributed by atoms with Crippen molar-refractivity contribution < 1.29 is 52.7 Å². The lowest BCUT2D eigenvalue weighted by atomic mass is 10.1. The molecule has 34 heavy (non-hydrogen) atoms. The first-order chi connectivity index (χ1) is 15.2. The number of halogens is 14. The number of rotatable bonds is 3. The SMILES string of the molecule is FC(F)(F)c1cc(N=C(Cl)C(Cl)=Nc2cc(C(F)(F)F)cc(C(F)(F)F)c2)cc(C(F)(F)F)c1. The molecule has 0 amide bonds. The summed E-state index contributed by atoms with van der Waals surface area (Å²) in [6.45, 7) is 0. The third kappa shape index (κ3) is 7.26. The van der Waals surface area contributed by atoms with Crippen molar-refractivity contribution in [2.75, 3.05) is 0 Å². The Labute approximate surface area is 191 Å². The Morgan fingerprint density at radius 2 is 0.647 bits per heavy atom. The van der Waals surface area contributed by atoms with E-state index in [0.717, 1.165) is 0 Å². The van der Waals surface area contributed by atoms with Gasteiger partial charge in [0.2, 0.25) is 0 Å². The van der Waals surface area contributed by atoms with Gasteiger partial charge in [-0.3, -0.25) is 0 Å². The van der Waals surface area contributed by atoms with Crippen molar-refractivity contribution in [3.05, 3.63) is 58.7 Å². The normalized spacial score (nSPS) is 14.5. The van der Waals surface area contributed by atoms with E-state index in [1.54, 1.807) is 0 Å². The van der Waals surface area contributed by atoms with Crippen molar-refractivity contribution in [1.29, 1.82) is 0 Å². The fraction of sp³-hybridized carbons (Fsp3) is 0.222. The summed E-state index contributed by atoms with van der Waals surface area (Å²) in [4.78, 5) is 6.44. The average molecular weight is 549 g/mol. The van der Waals surface area contributed by atoms with E-state index in [9.17, 15) is 52.7 Å². The molecule has 0 aliphatic rings. The Morgan fingerprint density at radius 1 is 0.441 bits per heavy atom. The molecule has 0 heterocycles. The molecule has 2 aromatic carbocycles. The van der Waals surface area contributed by atoms with Gasteiger partial charge >= 0.3 is 24.7 Å². The number of nitrogens with zero attached hydrogens (tertiary/aromatic N) is 2. The highest BCUT2D eigenvalue weighted by atomic mass is 35.5. The van der Waals surface area contributed by atoms with Gasteiger partial charge in [0.1, 0.15) is 0 Å². The maximum Gasteiger partial charge on any atom is 0.416 e. The molecule has 0 aliphatic carbocycles. The van der Waals surface area contributed by atoms with Crippen molar-refractivity contribution in [2.24, 2.45) is 9.98 Å². The van der Waals surface area contributed by atoms with E-state index in [4.69, 9.17) is 23.2 Å². The highest BCUT2D eigenvalue weighted by Crippen LogP contribution is 2.40. The van der Waals surface area contributed by atoms with Gasteiger partial charge in [-0.25, -0.2) is 9.98 Å². The van der Waals surface area contributed by atoms with Crippen LogP contribution >= 0.6 is 23.2 Å². The maximum atomic E-state index is 12.9. The van der Waals surface area contributed by atoms with Gasteiger partial charge in [-0.1, -0.05) is 23.2 Å². The lowest BCUT2D eigenvalue weighted by Gasteiger charge is -2.13. The van der Waals surface area contributed by atoms with Crippen molar-refractivity contribution in [2.45, 2.75) is 24.7 Å². The van der Waals surface area contributed by atoms with Crippen LogP contribution in [0.1, 0.15) is 22.3 Å². The van der Waals surface area contributed by atoms with Crippen molar-refractivity contribution in [3.63, 3.8) is 0 Å². The average Bonchev–Trinajstić information content (AvgIpc) is 2.64. The molecule has 0 atom stereocenters. The van der Waals surface area contributed by atoms with Crippen molar-refractivity contribution >= 4 is 44.9 Å². The maximum absolute atomic E-state index is 12.9. The second-order valence-electron chi connectivity index (χ2n) is 6.33. The second kappa shape index (κ2) is 9.29.